The van der Waals surface area contributed by atoms with Crippen molar-refractivity contribution in [3.63, 3.8) is 0 Å². The van der Waals surface area contributed by atoms with Gasteiger partial charge in [0, 0.05) is 24.3 Å². The molecule has 2 N–H and O–H groups in total. The van der Waals surface area contributed by atoms with E-state index in [2.05, 4.69) is 26.5 Å². The highest BCUT2D eigenvalue weighted by Crippen LogP contribution is 2.21. The predicted octanol–water partition coefficient (Wildman–Crippen LogP) is 0.624. The molecule has 2 aromatic rings. The van der Waals surface area contributed by atoms with E-state index in [9.17, 15) is 19.5 Å². The van der Waals surface area contributed by atoms with Gasteiger partial charge in [0.1, 0.15) is 5.75 Å². The zero-order valence-electron chi connectivity index (χ0n) is 13.2. The molecule has 8 nitrogen and oxygen atoms in total. The van der Waals surface area contributed by atoms with Crippen molar-refractivity contribution in [1.29, 1.82) is 0 Å². The van der Waals surface area contributed by atoms with Crippen LogP contribution in [-0.2, 0) is 14.1 Å². The van der Waals surface area contributed by atoms with Crippen LogP contribution in [0.4, 0.5) is 0 Å². The Kier molecular flexibility index (Phi) is 5.03. The SMILES string of the molecule is Cc1c(C=NNC(=O)c2cc(Br)ccc2O)c(=O)n(C)c(=O)n1C. The first kappa shape index (κ1) is 17.7. The molecule has 1 heterocycles. The molecule has 0 fully saturated rings. The first-order valence-corrected chi connectivity index (χ1v) is 7.62. The van der Waals surface area contributed by atoms with E-state index in [1.165, 1.54) is 37.0 Å². The first-order chi connectivity index (χ1) is 11.2. The molecule has 1 aromatic carbocycles. The van der Waals surface area contributed by atoms with E-state index in [0.717, 1.165) is 4.57 Å². The van der Waals surface area contributed by atoms with Crippen LogP contribution in [-0.4, -0.2) is 26.4 Å². The van der Waals surface area contributed by atoms with Crippen LogP contribution in [0.3, 0.4) is 0 Å². The number of carbonyl (C=O) groups is 1. The lowest BCUT2D eigenvalue weighted by Crippen LogP contribution is -2.40. The fourth-order valence-corrected chi connectivity index (χ4v) is 2.39. The molecule has 126 valence electrons. The molecular formula is C15H15BrN4O4. The number of carbonyl (C=O) groups excluding carboxylic acids is 1. The van der Waals surface area contributed by atoms with E-state index in [1.807, 2.05) is 0 Å². The fourth-order valence-electron chi connectivity index (χ4n) is 2.03. The Morgan fingerprint density at radius 2 is 1.96 bits per heavy atom. The summed E-state index contributed by atoms with van der Waals surface area (Å²) in [6, 6.07) is 4.40. The summed E-state index contributed by atoms with van der Waals surface area (Å²) in [5.74, 6) is -0.829. The summed E-state index contributed by atoms with van der Waals surface area (Å²) < 4.78 is 2.89. The number of amides is 1. The molecule has 2 rings (SSSR count). The maximum Gasteiger partial charge on any atom is 0.330 e. The van der Waals surface area contributed by atoms with Crippen LogP contribution in [0.5, 0.6) is 5.75 Å². The number of hydrogen-bond acceptors (Lipinski definition) is 5. The van der Waals surface area contributed by atoms with E-state index in [1.54, 1.807) is 13.0 Å². The molecule has 0 unspecified atom stereocenters. The van der Waals surface area contributed by atoms with Gasteiger partial charge in [0.15, 0.2) is 0 Å². The molecule has 1 aromatic heterocycles. The van der Waals surface area contributed by atoms with Crippen LogP contribution >= 0.6 is 15.9 Å². The molecule has 9 heteroatoms. The first-order valence-electron chi connectivity index (χ1n) is 6.82. The molecule has 0 radical (unpaired) electrons. The molecule has 24 heavy (non-hydrogen) atoms. The Labute approximate surface area is 145 Å². The van der Waals surface area contributed by atoms with Crippen molar-refractivity contribution >= 4 is 28.1 Å². The maximum absolute atomic E-state index is 12.1. The second-order valence-corrected chi connectivity index (χ2v) is 5.98. The highest BCUT2D eigenvalue weighted by Gasteiger charge is 2.12. The molecule has 0 saturated heterocycles. The van der Waals surface area contributed by atoms with Crippen LogP contribution in [0.1, 0.15) is 21.6 Å². The number of rotatable bonds is 3. The number of hydrogen-bond donors (Lipinski definition) is 2. The van der Waals surface area contributed by atoms with Crippen molar-refractivity contribution in [2.45, 2.75) is 6.92 Å². The summed E-state index contributed by atoms with van der Waals surface area (Å²) in [4.78, 5) is 35.9. The van der Waals surface area contributed by atoms with E-state index in [0.29, 0.717) is 10.2 Å². The van der Waals surface area contributed by atoms with Gasteiger partial charge in [-0.25, -0.2) is 10.2 Å². The molecule has 0 aliphatic heterocycles. The molecule has 0 atom stereocenters. The van der Waals surface area contributed by atoms with Gasteiger partial charge in [0.05, 0.1) is 17.3 Å². The summed E-state index contributed by atoms with van der Waals surface area (Å²) in [7, 11) is 2.89. The molecule has 0 aliphatic rings. The van der Waals surface area contributed by atoms with Gasteiger partial charge < -0.3 is 9.67 Å². The Hall–Kier alpha value is -2.68. The molecule has 0 spiro atoms. The Bertz CT molecular complexity index is 959. The minimum atomic E-state index is -0.635. The van der Waals surface area contributed by atoms with Crippen molar-refractivity contribution < 1.29 is 9.90 Å². The van der Waals surface area contributed by atoms with Crippen molar-refractivity contribution in [2.24, 2.45) is 19.2 Å². The molecule has 0 saturated carbocycles. The number of benzene rings is 1. The van der Waals surface area contributed by atoms with Crippen LogP contribution in [0.25, 0.3) is 0 Å². The molecule has 0 aliphatic carbocycles. The smallest absolute Gasteiger partial charge is 0.330 e. The second kappa shape index (κ2) is 6.83. The van der Waals surface area contributed by atoms with Gasteiger partial charge in [0.2, 0.25) is 0 Å². The third-order valence-electron chi connectivity index (χ3n) is 3.56. The Morgan fingerprint density at radius 3 is 2.62 bits per heavy atom. The van der Waals surface area contributed by atoms with Crippen LogP contribution in [0, 0.1) is 6.92 Å². The van der Waals surface area contributed by atoms with Crippen molar-refractivity contribution in [3.8, 4) is 5.75 Å². The summed E-state index contributed by atoms with van der Waals surface area (Å²) in [6.07, 6.45) is 1.17. The normalized spacial score (nSPS) is 11.0. The summed E-state index contributed by atoms with van der Waals surface area (Å²) >= 11 is 3.21. The van der Waals surface area contributed by atoms with Gasteiger partial charge in [-0.2, -0.15) is 5.10 Å². The minimum absolute atomic E-state index is 0.0339. The van der Waals surface area contributed by atoms with Crippen molar-refractivity contribution in [2.75, 3.05) is 0 Å². The number of nitrogens with zero attached hydrogens (tertiary/aromatic N) is 3. The Balaban J connectivity index is 2.30. The van der Waals surface area contributed by atoms with Crippen molar-refractivity contribution in [3.05, 3.63) is 60.3 Å². The van der Waals surface area contributed by atoms with Gasteiger partial charge in [-0.15, -0.1) is 0 Å². The average Bonchev–Trinajstić information content (AvgIpc) is 2.56. The predicted molar refractivity (Wildman–Crippen MR) is 92.5 cm³/mol. The quantitative estimate of drug-likeness (QED) is 0.587. The highest BCUT2D eigenvalue weighted by molar-refractivity contribution is 9.10. The monoisotopic (exact) mass is 394 g/mol. The van der Waals surface area contributed by atoms with Gasteiger partial charge in [-0.1, -0.05) is 15.9 Å². The number of nitrogens with one attached hydrogen (secondary N) is 1. The van der Waals surface area contributed by atoms with E-state index in [-0.39, 0.29) is 16.9 Å². The number of phenolic OH excluding ortho intramolecular Hbond substituents is 1. The standard InChI is InChI=1S/C15H15BrN4O4/c1-8-11(14(23)20(3)15(24)19(8)2)7-17-18-13(22)10-6-9(16)4-5-12(10)21/h4-7,21H,1-3H3,(H,18,22). The van der Waals surface area contributed by atoms with E-state index >= 15 is 0 Å². The highest BCUT2D eigenvalue weighted by atomic mass is 79.9. The lowest BCUT2D eigenvalue weighted by atomic mass is 10.2. The van der Waals surface area contributed by atoms with Crippen molar-refractivity contribution in [1.82, 2.24) is 14.6 Å². The number of hydrazone groups is 1. The number of halogens is 1. The third-order valence-corrected chi connectivity index (χ3v) is 4.06. The number of aromatic hydroxyl groups is 1. The van der Waals surface area contributed by atoms with Crippen LogP contribution in [0.15, 0.2) is 37.4 Å². The second-order valence-electron chi connectivity index (χ2n) is 5.07. The third kappa shape index (κ3) is 3.30. The maximum atomic E-state index is 12.1. The van der Waals surface area contributed by atoms with Crippen LogP contribution in [0.2, 0.25) is 0 Å². The van der Waals surface area contributed by atoms with Gasteiger partial charge in [-0.3, -0.25) is 14.2 Å². The lowest BCUT2D eigenvalue weighted by molar-refractivity contribution is 0.0952. The van der Waals surface area contributed by atoms with Crippen LogP contribution < -0.4 is 16.7 Å². The summed E-state index contributed by atoms with van der Waals surface area (Å²) in [5, 5.41) is 13.4. The average molecular weight is 395 g/mol. The zero-order chi connectivity index (χ0) is 18.0. The summed E-state index contributed by atoms with van der Waals surface area (Å²) in [5.41, 5.74) is 1.91. The summed E-state index contributed by atoms with van der Waals surface area (Å²) in [6.45, 7) is 1.60. The molecular weight excluding hydrogens is 380 g/mol. The van der Waals surface area contributed by atoms with Gasteiger partial charge >= 0.3 is 5.69 Å². The van der Waals surface area contributed by atoms with Gasteiger partial charge in [0.25, 0.3) is 11.5 Å². The van der Waals surface area contributed by atoms with E-state index in [4.69, 9.17) is 0 Å². The zero-order valence-corrected chi connectivity index (χ0v) is 14.8. The lowest BCUT2D eigenvalue weighted by Gasteiger charge is -2.08. The topological polar surface area (TPSA) is 106 Å². The Morgan fingerprint density at radius 1 is 1.29 bits per heavy atom. The van der Waals surface area contributed by atoms with E-state index < -0.39 is 17.2 Å². The molecule has 1 amide bonds. The number of phenols is 1. The molecule has 0 bridgehead atoms. The fraction of sp³-hybridized carbons (Fsp3) is 0.200. The largest absolute Gasteiger partial charge is 0.507 e. The minimum Gasteiger partial charge on any atom is -0.507 e. The number of aromatic nitrogens is 2. The van der Waals surface area contributed by atoms with Gasteiger partial charge in [-0.05, 0) is 25.1 Å².